The molecule has 1 amide bonds. The van der Waals surface area contributed by atoms with Gasteiger partial charge in [-0.05, 0) is 33.3 Å². The lowest BCUT2D eigenvalue weighted by molar-refractivity contribution is -0.144. The number of carbonyl (C=O) groups excluding carboxylic acids is 2. The highest BCUT2D eigenvalue weighted by Gasteiger charge is 2.39. The summed E-state index contributed by atoms with van der Waals surface area (Å²) >= 11 is 1.00. The van der Waals surface area contributed by atoms with E-state index in [4.69, 9.17) is 9.84 Å². The molecule has 0 saturated carbocycles. The van der Waals surface area contributed by atoms with E-state index in [1.807, 2.05) is 0 Å². The van der Waals surface area contributed by atoms with Gasteiger partial charge >= 0.3 is 11.9 Å². The smallest absolute Gasteiger partial charge is 0.341 e. The molecule has 0 aromatic heterocycles. The van der Waals surface area contributed by atoms with Crippen LogP contribution in [-0.4, -0.2) is 44.7 Å². The molecule has 1 saturated heterocycles. The summed E-state index contributed by atoms with van der Waals surface area (Å²) in [6.45, 7) is 7.00. The standard InChI is InChI=1S/C14H17N3O5S/c1-6-10(12(21)22-14(6,3)4)7(2)16-17-13-15-11(20)8(23-13)5-9(18)19/h8H,5H2,1-4H3,(H,18,19)(H,15,17,20). The van der Waals surface area contributed by atoms with E-state index < -0.39 is 28.7 Å². The van der Waals surface area contributed by atoms with Crippen molar-refractivity contribution in [3.63, 3.8) is 0 Å². The van der Waals surface area contributed by atoms with Crippen molar-refractivity contribution in [3.05, 3.63) is 11.1 Å². The number of carboxylic acids is 1. The zero-order valence-electron chi connectivity index (χ0n) is 13.2. The molecule has 1 atom stereocenters. The van der Waals surface area contributed by atoms with Gasteiger partial charge in [-0.2, -0.15) is 5.10 Å². The number of carboxylic acid groups (broad SMARTS) is 1. The summed E-state index contributed by atoms with van der Waals surface area (Å²) in [6, 6.07) is 0. The van der Waals surface area contributed by atoms with E-state index in [1.165, 1.54) is 0 Å². The number of esters is 1. The van der Waals surface area contributed by atoms with Crippen molar-refractivity contribution in [2.24, 2.45) is 10.2 Å². The van der Waals surface area contributed by atoms with Gasteiger partial charge in [0.1, 0.15) is 10.9 Å². The van der Waals surface area contributed by atoms with Crippen LogP contribution in [0.4, 0.5) is 0 Å². The number of cyclic esters (lactones) is 1. The molecular formula is C14H17N3O5S. The average Bonchev–Trinajstić information content (AvgIpc) is 2.84. The summed E-state index contributed by atoms with van der Waals surface area (Å²) in [4.78, 5) is 34.2. The van der Waals surface area contributed by atoms with Crippen molar-refractivity contribution >= 4 is 40.5 Å². The third-order valence-corrected chi connectivity index (χ3v) is 4.69. The molecule has 0 radical (unpaired) electrons. The number of nitrogens with one attached hydrogen (secondary N) is 1. The van der Waals surface area contributed by atoms with E-state index in [1.54, 1.807) is 27.7 Å². The number of hydrogen-bond donors (Lipinski definition) is 2. The Morgan fingerprint density at radius 1 is 1.43 bits per heavy atom. The summed E-state index contributed by atoms with van der Waals surface area (Å²) in [6.07, 6.45) is -0.289. The molecule has 0 spiro atoms. The number of thioether (sulfide) groups is 1. The van der Waals surface area contributed by atoms with Crippen LogP contribution in [0.3, 0.4) is 0 Å². The summed E-state index contributed by atoms with van der Waals surface area (Å²) in [5.74, 6) is -1.93. The number of nitrogens with zero attached hydrogens (tertiary/aromatic N) is 2. The molecule has 0 aliphatic carbocycles. The van der Waals surface area contributed by atoms with Crippen LogP contribution in [0.5, 0.6) is 0 Å². The number of amidine groups is 1. The Balaban J connectivity index is 2.17. The molecule has 0 aromatic rings. The molecule has 2 heterocycles. The van der Waals surface area contributed by atoms with Crippen LogP contribution in [0.1, 0.15) is 34.1 Å². The Labute approximate surface area is 137 Å². The molecule has 2 N–H and O–H groups in total. The minimum Gasteiger partial charge on any atom is -0.481 e. The van der Waals surface area contributed by atoms with Crippen molar-refractivity contribution in [1.29, 1.82) is 0 Å². The first-order valence-electron chi connectivity index (χ1n) is 6.88. The number of ether oxygens (including phenoxy) is 1. The van der Waals surface area contributed by atoms with E-state index in [0.29, 0.717) is 11.3 Å². The molecule has 1 unspecified atom stereocenters. The summed E-state index contributed by atoms with van der Waals surface area (Å²) in [5, 5.41) is 18.5. The van der Waals surface area contributed by atoms with Gasteiger partial charge in [0.05, 0.1) is 17.7 Å². The first-order valence-corrected chi connectivity index (χ1v) is 7.76. The molecular weight excluding hydrogens is 322 g/mol. The van der Waals surface area contributed by atoms with Gasteiger partial charge in [-0.1, -0.05) is 11.8 Å². The van der Waals surface area contributed by atoms with Gasteiger partial charge in [-0.3, -0.25) is 9.59 Å². The second kappa shape index (κ2) is 6.15. The van der Waals surface area contributed by atoms with E-state index in [-0.39, 0.29) is 11.6 Å². The highest BCUT2D eigenvalue weighted by Crippen LogP contribution is 2.32. The van der Waals surface area contributed by atoms with Gasteiger partial charge in [-0.25, -0.2) is 4.79 Å². The monoisotopic (exact) mass is 339 g/mol. The second-order valence-electron chi connectivity index (χ2n) is 5.68. The van der Waals surface area contributed by atoms with E-state index in [9.17, 15) is 14.4 Å². The highest BCUT2D eigenvalue weighted by molar-refractivity contribution is 8.15. The maximum atomic E-state index is 11.9. The first kappa shape index (κ1) is 17.2. The molecule has 0 bridgehead atoms. The number of aliphatic carboxylic acids is 1. The normalized spacial score (nSPS) is 25.8. The fraction of sp³-hybridized carbons (Fsp3) is 0.500. The predicted octanol–water partition coefficient (Wildman–Crippen LogP) is 1.08. The van der Waals surface area contributed by atoms with Crippen molar-refractivity contribution in [2.45, 2.75) is 45.0 Å². The minimum atomic E-state index is -1.06. The molecule has 23 heavy (non-hydrogen) atoms. The molecule has 8 nitrogen and oxygen atoms in total. The van der Waals surface area contributed by atoms with E-state index in [0.717, 1.165) is 17.3 Å². The van der Waals surface area contributed by atoms with Crippen LogP contribution < -0.4 is 5.32 Å². The Morgan fingerprint density at radius 3 is 2.61 bits per heavy atom. The predicted molar refractivity (Wildman–Crippen MR) is 85.2 cm³/mol. The Morgan fingerprint density at radius 2 is 2.09 bits per heavy atom. The maximum Gasteiger partial charge on any atom is 0.341 e. The molecule has 124 valence electrons. The SMILES string of the molecule is CC(=N/N=C1\NC(=O)C(CC(=O)O)S1)C1=C(C)C(C)(C)OC1=O. The Kier molecular flexibility index (Phi) is 4.60. The van der Waals surface area contributed by atoms with Crippen LogP contribution in [0.25, 0.3) is 0 Å². The van der Waals surface area contributed by atoms with Gasteiger partial charge in [0.25, 0.3) is 0 Å². The quantitative estimate of drug-likeness (QED) is 0.449. The number of rotatable bonds is 4. The van der Waals surface area contributed by atoms with Crippen molar-refractivity contribution < 1.29 is 24.2 Å². The number of carbonyl (C=O) groups is 3. The number of hydrogen-bond acceptors (Lipinski definition) is 7. The fourth-order valence-electron chi connectivity index (χ4n) is 2.15. The van der Waals surface area contributed by atoms with Crippen LogP contribution in [0, 0.1) is 0 Å². The van der Waals surface area contributed by atoms with Gasteiger partial charge < -0.3 is 15.2 Å². The molecule has 2 aliphatic rings. The van der Waals surface area contributed by atoms with Gasteiger partial charge in [0.15, 0.2) is 5.17 Å². The van der Waals surface area contributed by atoms with Gasteiger partial charge in [0, 0.05) is 0 Å². The lowest BCUT2D eigenvalue weighted by Gasteiger charge is -2.18. The molecule has 2 rings (SSSR count). The third kappa shape index (κ3) is 3.61. The van der Waals surface area contributed by atoms with Crippen LogP contribution in [0.2, 0.25) is 0 Å². The molecule has 9 heteroatoms. The second-order valence-corrected chi connectivity index (χ2v) is 6.88. The van der Waals surface area contributed by atoms with Crippen molar-refractivity contribution in [2.75, 3.05) is 0 Å². The zero-order valence-corrected chi connectivity index (χ0v) is 14.0. The molecule has 2 aliphatic heterocycles. The van der Waals surface area contributed by atoms with Gasteiger partial charge in [0.2, 0.25) is 5.91 Å². The lowest BCUT2D eigenvalue weighted by atomic mass is 9.96. The summed E-state index contributed by atoms with van der Waals surface area (Å²) in [7, 11) is 0. The molecule has 0 aromatic carbocycles. The van der Waals surface area contributed by atoms with Crippen LogP contribution >= 0.6 is 11.8 Å². The third-order valence-electron chi connectivity index (χ3n) is 3.62. The van der Waals surface area contributed by atoms with Crippen LogP contribution in [-0.2, 0) is 19.1 Å². The summed E-state index contributed by atoms with van der Waals surface area (Å²) < 4.78 is 5.26. The largest absolute Gasteiger partial charge is 0.481 e. The minimum absolute atomic E-state index is 0.212. The topological polar surface area (TPSA) is 117 Å². The Hall–Kier alpha value is -2.16. The Bertz CT molecular complexity index is 678. The number of amides is 1. The summed E-state index contributed by atoms with van der Waals surface area (Å²) in [5.41, 5.74) is 0.827. The average molecular weight is 339 g/mol. The zero-order chi connectivity index (χ0) is 17.4. The van der Waals surface area contributed by atoms with Crippen molar-refractivity contribution in [3.8, 4) is 0 Å². The van der Waals surface area contributed by atoms with E-state index >= 15 is 0 Å². The molecule has 1 fully saturated rings. The lowest BCUT2D eigenvalue weighted by Crippen LogP contribution is -2.26. The fourth-order valence-corrected chi connectivity index (χ4v) is 3.06. The van der Waals surface area contributed by atoms with Gasteiger partial charge in [-0.15, -0.1) is 5.10 Å². The van der Waals surface area contributed by atoms with Crippen molar-refractivity contribution in [1.82, 2.24) is 5.32 Å². The first-order chi connectivity index (χ1) is 10.6. The maximum absolute atomic E-state index is 11.9. The van der Waals surface area contributed by atoms with Crippen LogP contribution in [0.15, 0.2) is 21.3 Å². The van der Waals surface area contributed by atoms with E-state index in [2.05, 4.69) is 15.5 Å². The highest BCUT2D eigenvalue weighted by atomic mass is 32.2.